The van der Waals surface area contributed by atoms with Gasteiger partial charge in [-0.3, -0.25) is 9.59 Å². The Labute approximate surface area is 163 Å². The molecule has 0 atom stereocenters. The molecule has 28 heavy (non-hydrogen) atoms. The summed E-state index contributed by atoms with van der Waals surface area (Å²) in [6, 6.07) is 16.4. The molecule has 1 heterocycles. The second-order valence-corrected chi connectivity index (χ2v) is 6.46. The molecule has 0 spiro atoms. The van der Waals surface area contributed by atoms with Crippen molar-refractivity contribution in [3.63, 3.8) is 0 Å². The van der Waals surface area contributed by atoms with Crippen LogP contribution in [0.25, 0.3) is 0 Å². The van der Waals surface area contributed by atoms with E-state index in [1.54, 1.807) is 24.3 Å². The smallest absolute Gasteiger partial charge is 0.276 e. The number of carbonyl (C=O) groups is 2. The van der Waals surface area contributed by atoms with E-state index in [4.69, 9.17) is 0 Å². The van der Waals surface area contributed by atoms with Crippen molar-refractivity contribution >= 4 is 34.7 Å². The molecular weight excluding hydrogens is 354 g/mol. The third-order valence-corrected chi connectivity index (χ3v) is 4.02. The number of nitrogens with zero attached hydrogens (tertiary/aromatic N) is 2. The predicted octanol–water partition coefficient (Wildman–Crippen LogP) is 4.05. The number of anilines is 4. The molecule has 2 amide bonds. The predicted molar refractivity (Wildman–Crippen MR) is 110 cm³/mol. The van der Waals surface area contributed by atoms with Crippen LogP contribution in [-0.4, -0.2) is 22.0 Å². The molecule has 0 aliphatic heterocycles. The van der Waals surface area contributed by atoms with E-state index >= 15 is 0 Å². The first kappa shape index (κ1) is 19.0. The Hall–Kier alpha value is -3.74. The summed E-state index contributed by atoms with van der Waals surface area (Å²) in [6.45, 7) is 5.36. The van der Waals surface area contributed by atoms with Crippen molar-refractivity contribution in [3.8, 4) is 0 Å². The average molecular weight is 375 g/mol. The van der Waals surface area contributed by atoms with Gasteiger partial charge in [0.05, 0.1) is 0 Å². The first-order chi connectivity index (χ1) is 13.4. The molecule has 0 radical (unpaired) electrons. The maximum absolute atomic E-state index is 12.4. The van der Waals surface area contributed by atoms with E-state index in [0.29, 0.717) is 11.5 Å². The SMILES string of the molecule is CC(=O)Nc1ccc(Nc2ccc(C(=O)Nc3cc(C)ccc3C)nn2)cc1. The molecule has 0 bridgehead atoms. The number of rotatable bonds is 5. The van der Waals surface area contributed by atoms with Crippen LogP contribution in [0.2, 0.25) is 0 Å². The van der Waals surface area contributed by atoms with Gasteiger partial charge < -0.3 is 16.0 Å². The van der Waals surface area contributed by atoms with Gasteiger partial charge in [0.25, 0.3) is 5.91 Å². The van der Waals surface area contributed by atoms with E-state index in [-0.39, 0.29) is 17.5 Å². The Bertz CT molecular complexity index is 998. The maximum atomic E-state index is 12.4. The van der Waals surface area contributed by atoms with E-state index in [0.717, 1.165) is 22.5 Å². The van der Waals surface area contributed by atoms with Crippen molar-refractivity contribution in [2.45, 2.75) is 20.8 Å². The summed E-state index contributed by atoms with van der Waals surface area (Å²) in [5.74, 6) is 0.0734. The molecule has 2 aromatic carbocycles. The van der Waals surface area contributed by atoms with Crippen LogP contribution in [0.5, 0.6) is 0 Å². The van der Waals surface area contributed by atoms with Crippen molar-refractivity contribution in [2.75, 3.05) is 16.0 Å². The third-order valence-electron chi connectivity index (χ3n) is 4.02. The molecular formula is C21H21N5O2. The third kappa shape index (κ3) is 4.91. The van der Waals surface area contributed by atoms with E-state index in [9.17, 15) is 9.59 Å². The molecule has 0 fully saturated rings. The van der Waals surface area contributed by atoms with Crippen molar-refractivity contribution < 1.29 is 9.59 Å². The summed E-state index contributed by atoms with van der Waals surface area (Å²) < 4.78 is 0. The molecule has 7 nitrogen and oxygen atoms in total. The monoisotopic (exact) mass is 375 g/mol. The Kier molecular flexibility index (Phi) is 5.64. The molecule has 3 N–H and O–H groups in total. The van der Waals surface area contributed by atoms with Crippen LogP contribution in [0.1, 0.15) is 28.5 Å². The molecule has 3 aromatic rings. The fraction of sp³-hybridized carbons (Fsp3) is 0.143. The van der Waals surface area contributed by atoms with E-state index < -0.39 is 0 Å². The van der Waals surface area contributed by atoms with Crippen LogP contribution < -0.4 is 16.0 Å². The lowest BCUT2D eigenvalue weighted by atomic mass is 10.1. The first-order valence-electron chi connectivity index (χ1n) is 8.78. The lowest BCUT2D eigenvalue weighted by molar-refractivity contribution is -0.114. The van der Waals surface area contributed by atoms with Crippen LogP contribution >= 0.6 is 0 Å². The highest BCUT2D eigenvalue weighted by atomic mass is 16.2. The standard InChI is InChI=1S/C21H21N5O2/c1-13-4-5-14(2)19(12-13)24-21(28)18-10-11-20(26-25-18)23-17-8-6-16(7-9-17)22-15(3)27/h4-12H,1-3H3,(H,22,27)(H,23,26)(H,24,28). The molecule has 7 heteroatoms. The van der Waals surface area contributed by atoms with Crippen molar-refractivity contribution in [1.82, 2.24) is 10.2 Å². The van der Waals surface area contributed by atoms with Crippen molar-refractivity contribution in [1.29, 1.82) is 0 Å². The van der Waals surface area contributed by atoms with Gasteiger partial charge in [-0.25, -0.2) is 0 Å². The summed E-state index contributed by atoms with van der Waals surface area (Å²) in [5.41, 5.74) is 4.53. The number of amides is 2. The number of hydrogen-bond acceptors (Lipinski definition) is 5. The summed E-state index contributed by atoms with van der Waals surface area (Å²) >= 11 is 0. The van der Waals surface area contributed by atoms with Crippen LogP contribution in [0.15, 0.2) is 54.6 Å². The highest BCUT2D eigenvalue weighted by Gasteiger charge is 2.10. The number of benzene rings is 2. The highest BCUT2D eigenvalue weighted by Crippen LogP contribution is 2.19. The summed E-state index contributed by atoms with van der Waals surface area (Å²) in [4.78, 5) is 23.5. The summed E-state index contributed by atoms with van der Waals surface area (Å²) in [5, 5.41) is 16.7. The minimum atomic E-state index is -0.313. The summed E-state index contributed by atoms with van der Waals surface area (Å²) in [7, 11) is 0. The minimum Gasteiger partial charge on any atom is -0.339 e. The lowest BCUT2D eigenvalue weighted by Gasteiger charge is -2.09. The fourth-order valence-corrected chi connectivity index (χ4v) is 2.56. The van der Waals surface area contributed by atoms with Gasteiger partial charge in [0.2, 0.25) is 5.91 Å². The van der Waals surface area contributed by atoms with Gasteiger partial charge >= 0.3 is 0 Å². The number of hydrogen-bond donors (Lipinski definition) is 3. The Morgan fingerprint density at radius 3 is 2.18 bits per heavy atom. The first-order valence-corrected chi connectivity index (χ1v) is 8.78. The van der Waals surface area contributed by atoms with Crippen molar-refractivity contribution in [3.05, 3.63) is 71.4 Å². The van der Waals surface area contributed by atoms with Crippen LogP contribution in [0, 0.1) is 13.8 Å². The quantitative estimate of drug-likeness (QED) is 0.625. The fourth-order valence-electron chi connectivity index (χ4n) is 2.56. The zero-order valence-electron chi connectivity index (χ0n) is 15.9. The zero-order chi connectivity index (χ0) is 20.1. The molecule has 0 saturated heterocycles. The largest absolute Gasteiger partial charge is 0.339 e. The molecule has 0 aliphatic rings. The summed E-state index contributed by atoms with van der Waals surface area (Å²) in [6.07, 6.45) is 0. The topological polar surface area (TPSA) is 96.0 Å². The van der Waals surface area contributed by atoms with Crippen LogP contribution in [-0.2, 0) is 4.79 Å². The molecule has 0 unspecified atom stereocenters. The van der Waals surface area contributed by atoms with Crippen molar-refractivity contribution in [2.24, 2.45) is 0 Å². The van der Waals surface area contributed by atoms with Gasteiger partial charge in [0.1, 0.15) is 0 Å². The van der Waals surface area contributed by atoms with E-state index in [1.807, 2.05) is 44.2 Å². The van der Waals surface area contributed by atoms with E-state index in [1.165, 1.54) is 6.92 Å². The number of aromatic nitrogens is 2. The molecule has 0 aliphatic carbocycles. The van der Waals surface area contributed by atoms with Gasteiger partial charge in [-0.05, 0) is 67.4 Å². The molecule has 0 saturated carbocycles. The Morgan fingerprint density at radius 2 is 1.54 bits per heavy atom. The van der Waals surface area contributed by atoms with E-state index in [2.05, 4.69) is 26.1 Å². The minimum absolute atomic E-state index is 0.124. The second-order valence-electron chi connectivity index (χ2n) is 6.46. The molecule has 3 rings (SSSR count). The zero-order valence-corrected chi connectivity index (χ0v) is 15.9. The number of carbonyl (C=O) groups excluding carboxylic acids is 2. The Morgan fingerprint density at radius 1 is 0.821 bits per heavy atom. The van der Waals surface area contributed by atoms with Gasteiger partial charge in [-0.1, -0.05) is 12.1 Å². The van der Waals surface area contributed by atoms with Gasteiger partial charge in [-0.2, -0.15) is 0 Å². The van der Waals surface area contributed by atoms with Gasteiger partial charge in [0, 0.05) is 24.0 Å². The maximum Gasteiger partial charge on any atom is 0.276 e. The number of aryl methyl sites for hydroxylation is 2. The normalized spacial score (nSPS) is 10.2. The average Bonchev–Trinajstić information content (AvgIpc) is 2.66. The lowest BCUT2D eigenvalue weighted by Crippen LogP contribution is -2.15. The van der Waals surface area contributed by atoms with Crippen LogP contribution in [0.4, 0.5) is 22.9 Å². The Balaban J connectivity index is 1.65. The molecule has 142 valence electrons. The van der Waals surface area contributed by atoms with Gasteiger partial charge in [0.15, 0.2) is 11.5 Å². The van der Waals surface area contributed by atoms with Gasteiger partial charge in [-0.15, -0.1) is 10.2 Å². The number of nitrogens with one attached hydrogen (secondary N) is 3. The second kappa shape index (κ2) is 8.30. The van der Waals surface area contributed by atoms with Crippen LogP contribution in [0.3, 0.4) is 0 Å². The molecule has 1 aromatic heterocycles. The highest BCUT2D eigenvalue weighted by molar-refractivity contribution is 6.03.